The molecule has 0 spiro atoms. The van der Waals surface area contributed by atoms with Gasteiger partial charge in [0.2, 0.25) is 0 Å². The molecule has 0 saturated carbocycles. The van der Waals surface area contributed by atoms with Crippen molar-refractivity contribution in [3.63, 3.8) is 0 Å². The lowest BCUT2D eigenvalue weighted by atomic mass is 10.2. The van der Waals surface area contributed by atoms with E-state index >= 15 is 0 Å². The molecule has 6 nitrogen and oxygen atoms in total. The Labute approximate surface area is 150 Å². The number of imidazole rings is 1. The van der Waals surface area contributed by atoms with Crippen LogP contribution >= 0.6 is 0 Å². The van der Waals surface area contributed by atoms with Crippen LogP contribution < -0.4 is 15.4 Å². The van der Waals surface area contributed by atoms with E-state index in [1.807, 2.05) is 37.6 Å². The molecule has 0 fully saturated rings. The molecule has 1 aromatic carbocycles. The van der Waals surface area contributed by atoms with Gasteiger partial charge in [0.25, 0.3) is 0 Å². The number of hydrogen-bond acceptors (Lipinski definition) is 3. The zero-order valence-corrected chi connectivity index (χ0v) is 15.4. The fraction of sp³-hybridized carbons (Fsp3) is 0.474. The smallest absolute Gasteiger partial charge is 0.191 e. The molecule has 1 aromatic heterocycles. The summed E-state index contributed by atoms with van der Waals surface area (Å²) in [4.78, 5) is 8.66. The number of benzene rings is 1. The number of rotatable bonds is 9. The summed E-state index contributed by atoms with van der Waals surface area (Å²) >= 11 is 0. The van der Waals surface area contributed by atoms with Crippen LogP contribution in [0.25, 0.3) is 0 Å². The summed E-state index contributed by atoms with van der Waals surface area (Å²) in [7, 11) is 0. The Morgan fingerprint density at radius 2 is 2.24 bits per heavy atom. The molecule has 2 aromatic rings. The van der Waals surface area contributed by atoms with Crippen LogP contribution in [-0.4, -0.2) is 41.2 Å². The van der Waals surface area contributed by atoms with E-state index in [0.29, 0.717) is 6.54 Å². The first kappa shape index (κ1) is 18.8. The van der Waals surface area contributed by atoms with Gasteiger partial charge in [-0.05, 0) is 44.9 Å². The number of guanidine groups is 1. The van der Waals surface area contributed by atoms with Gasteiger partial charge in [0.05, 0.1) is 12.9 Å². The first-order valence-corrected chi connectivity index (χ1v) is 8.88. The molecule has 1 heterocycles. The molecular weight excluding hydrogens is 314 g/mol. The number of ether oxygens (including phenoxy) is 1. The van der Waals surface area contributed by atoms with Crippen LogP contribution in [0, 0.1) is 6.92 Å². The molecule has 2 rings (SSSR count). The van der Waals surface area contributed by atoms with Crippen LogP contribution in [0.5, 0.6) is 5.75 Å². The van der Waals surface area contributed by atoms with E-state index in [1.54, 1.807) is 6.20 Å². The predicted molar refractivity (Wildman–Crippen MR) is 102 cm³/mol. The van der Waals surface area contributed by atoms with Crippen LogP contribution in [0.1, 0.15) is 25.8 Å². The molecule has 136 valence electrons. The highest BCUT2D eigenvalue weighted by molar-refractivity contribution is 5.79. The Balaban J connectivity index is 1.75. The molecule has 0 amide bonds. The lowest BCUT2D eigenvalue weighted by Crippen LogP contribution is -2.38. The number of aliphatic imine (C=N–C) groups is 1. The normalized spacial score (nSPS) is 12.7. The molecule has 0 aliphatic heterocycles. The standard InChI is InChI=1S/C19H29N5O/c1-4-21-19(22-9-6-11-24-12-10-20-15-24)23-14-17(3)25-18-8-5-7-16(2)13-18/h5,7-8,10,12-13,15,17H,4,6,9,11,14H2,1-3H3,(H2,21,22,23). The molecule has 2 N–H and O–H groups in total. The van der Waals surface area contributed by atoms with E-state index in [0.717, 1.165) is 37.8 Å². The maximum absolute atomic E-state index is 5.93. The molecule has 0 saturated heterocycles. The van der Waals surface area contributed by atoms with Gasteiger partial charge >= 0.3 is 0 Å². The van der Waals surface area contributed by atoms with Crippen molar-refractivity contribution in [2.45, 2.75) is 39.8 Å². The summed E-state index contributed by atoms with van der Waals surface area (Å²) in [5.74, 6) is 1.72. The second kappa shape index (κ2) is 10.4. The van der Waals surface area contributed by atoms with Crippen molar-refractivity contribution < 1.29 is 4.74 Å². The predicted octanol–water partition coefficient (Wildman–Crippen LogP) is 2.60. The number of aryl methyl sites for hydroxylation is 2. The van der Waals surface area contributed by atoms with E-state index < -0.39 is 0 Å². The third-order valence-corrected chi connectivity index (χ3v) is 3.62. The monoisotopic (exact) mass is 343 g/mol. The Morgan fingerprint density at radius 1 is 1.36 bits per heavy atom. The number of hydrogen-bond donors (Lipinski definition) is 2. The number of aromatic nitrogens is 2. The van der Waals surface area contributed by atoms with Gasteiger partial charge in [-0.1, -0.05) is 12.1 Å². The van der Waals surface area contributed by atoms with E-state index in [-0.39, 0.29) is 6.10 Å². The molecule has 1 unspecified atom stereocenters. The van der Waals surface area contributed by atoms with Gasteiger partial charge in [-0.2, -0.15) is 0 Å². The summed E-state index contributed by atoms with van der Waals surface area (Å²) in [5.41, 5.74) is 1.20. The second-order valence-corrected chi connectivity index (χ2v) is 6.05. The maximum atomic E-state index is 5.93. The molecule has 1 atom stereocenters. The van der Waals surface area contributed by atoms with Gasteiger partial charge in [0.15, 0.2) is 5.96 Å². The Kier molecular flexibility index (Phi) is 7.82. The minimum Gasteiger partial charge on any atom is -0.489 e. The summed E-state index contributed by atoms with van der Waals surface area (Å²) in [6.07, 6.45) is 6.64. The second-order valence-electron chi connectivity index (χ2n) is 6.05. The van der Waals surface area contributed by atoms with Crippen LogP contribution in [0.4, 0.5) is 0 Å². The Morgan fingerprint density at radius 3 is 2.96 bits per heavy atom. The summed E-state index contributed by atoms with van der Waals surface area (Å²) in [6, 6.07) is 8.09. The van der Waals surface area contributed by atoms with Crippen LogP contribution in [-0.2, 0) is 6.54 Å². The van der Waals surface area contributed by atoms with Crippen molar-refractivity contribution in [1.82, 2.24) is 20.2 Å². The number of nitrogens with zero attached hydrogens (tertiary/aromatic N) is 3. The largest absolute Gasteiger partial charge is 0.489 e. The first-order valence-electron chi connectivity index (χ1n) is 8.88. The fourth-order valence-electron chi connectivity index (χ4n) is 2.41. The number of nitrogens with one attached hydrogen (secondary N) is 2. The molecule has 0 bridgehead atoms. The lowest BCUT2D eigenvalue weighted by Gasteiger charge is -2.15. The fourth-order valence-corrected chi connectivity index (χ4v) is 2.41. The summed E-state index contributed by atoms with van der Waals surface area (Å²) < 4.78 is 8.00. The van der Waals surface area contributed by atoms with Crippen molar-refractivity contribution in [1.29, 1.82) is 0 Å². The molecule has 0 aliphatic carbocycles. The average molecular weight is 343 g/mol. The van der Waals surface area contributed by atoms with Gasteiger partial charge in [-0.3, -0.25) is 0 Å². The van der Waals surface area contributed by atoms with E-state index in [1.165, 1.54) is 5.56 Å². The first-order chi connectivity index (χ1) is 12.2. The summed E-state index contributed by atoms with van der Waals surface area (Å²) in [6.45, 7) is 9.40. The SMILES string of the molecule is CCNC(=NCC(C)Oc1cccc(C)c1)NCCCn1ccnc1. The highest BCUT2D eigenvalue weighted by Crippen LogP contribution is 2.14. The molecule has 25 heavy (non-hydrogen) atoms. The highest BCUT2D eigenvalue weighted by atomic mass is 16.5. The zero-order chi connectivity index (χ0) is 17.9. The molecule has 6 heteroatoms. The van der Waals surface area contributed by atoms with E-state index in [4.69, 9.17) is 4.74 Å². The van der Waals surface area contributed by atoms with Gasteiger partial charge in [-0.25, -0.2) is 9.98 Å². The Hall–Kier alpha value is -2.50. The van der Waals surface area contributed by atoms with E-state index in [2.05, 4.69) is 45.1 Å². The van der Waals surface area contributed by atoms with Gasteiger partial charge in [0.1, 0.15) is 11.9 Å². The van der Waals surface area contributed by atoms with Crippen molar-refractivity contribution in [3.05, 3.63) is 48.5 Å². The van der Waals surface area contributed by atoms with Gasteiger partial charge in [0, 0.05) is 32.0 Å². The third-order valence-electron chi connectivity index (χ3n) is 3.62. The van der Waals surface area contributed by atoms with Crippen molar-refractivity contribution in [2.24, 2.45) is 4.99 Å². The third kappa shape index (κ3) is 7.28. The minimum absolute atomic E-state index is 0.0169. The molecule has 0 radical (unpaired) electrons. The highest BCUT2D eigenvalue weighted by Gasteiger charge is 2.05. The van der Waals surface area contributed by atoms with E-state index in [9.17, 15) is 0 Å². The van der Waals surface area contributed by atoms with Crippen molar-refractivity contribution >= 4 is 5.96 Å². The van der Waals surface area contributed by atoms with Crippen LogP contribution in [0.15, 0.2) is 48.0 Å². The van der Waals surface area contributed by atoms with Gasteiger partial charge < -0.3 is 19.9 Å². The topological polar surface area (TPSA) is 63.5 Å². The lowest BCUT2D eigenvalue weighted by molar-refractivity contribution is 0.230. The maximum Gasteiger partial charge on any atom is 0.191 e. The molecular formula is C19H29N5O. The van der Waals surface area contributed by atoms with Crippen LogP contribution in [0.3, 0.4) is 0 Å². The zero-order valence-electron chi connectivity index (χ0n) is 15.4. The average Bonchev–Trinajstić information content (AvgIpc) is 3.10. The minimum atomic E-state index is 0.0169. The van der Waals surface area contributed by atoms with Gasteiger partial charge in [-0.15, -0.1) is 0 Å². The van der Waals surface area contributed by atoms with Crippen LogP contribution in [0.2, 0.25) is 0 Å². The van der Waals surface area contributed by atoms with Crippen molar-refractivity contribution in [2.75, 3.05) is 19.6 Å². The summed E-state index contributed by atoms with van der Waals surface area (Å²) in [5, 5.41) is 6.63. The Bertz CT molecular complexity index is 639. The quantitative estimate of drug-likeness (QED) is 0.417. The molecule has 0 aliphatic rings. The van der Waals surface area contributed by atoms with Crippen molar-refractivity contribution in [3.8, 4) is 5.75 Å².